The molecule has 0 saturated carbocycles. The summed E-state index contributed by atoms with van der Waals surface area (Å²) >= 11 is 0. The SMILES string of the molecule is Cc1cccc(NC(=O)[C@H]2CCCNC2)c1F. The number of benzene rings is 1. The van der Waals surface area contributed by atoms with Gasteiger partial charge in [0.1, 0.15) is 5.82 Å². The molecular formula is C13H17FN2O. The maximum atomic E-state index is 13.7. The van der Waals surface area contributed by atoms with Gasteiger partial charge in [-0.1, -0.05) is 12.1 Å². The van der Waals surface area contributed by atoms with Crippen molar-refractivity contribution in [1.82, 2.24) is 5.32 Å². The zero-order valence-corrected chi connectivity index (χ0v) is 9.92. The number of piperidine rings is 1. The standard InChI is InChI=1S/C13H17FN2O/c1-9-4-2-6-11(12(9)14)16-13(17)10-5-3-7-15-8-10/h2,4,6,10,15H,3,5,7-8H2,1H3,(H,16,17)/t10-/m0/s1. The van der Waals surface area contributed by atoms with E-state index in [4.69, 9.17) is 0 Å². The number of anilines is 1. The largest absolute Gasteiger partial charge is 0.323 e. The first kappa shape index (κ1) is 12.0. The first-order valence-electron chi connectivity index (χ1n) is 5.95. The third-order valence-corrected chi connectivity index (χ3v) is 3.12. The Bertz CT molecular complexity index is 414. The summed E-state index contributed by atoms with van der Waals surface area (Å²) in [6.07, 6.45) is 1.86. The summed E-state index contributed by atoms with van der Waals surface area (Å²) in [4.78, 5) is 11.9. The highest BCUT2D eigenvalue weighted by molar-refractivity contribution is 5.93. The van der Waals surface area contributed by atoms with Crippen LogP contribution in [0.2, 0.25) is 0 Å². The summed E-state index contributed by atoms with van der Waals surface area (Å²) in [6.45, 7) is 3.33. The maximum absolute atomic E-state index is 13.7. The van der Waals surface area contributed by atoms with Gasteiger partial charge in [0.25, 0.3) is 0 Å². The molecule has 0 radical (unpaired) electrons. The van der Waals surface area contributed by atoms with Crippen molar-refractivity contribution < 1.29 is 9.18 Å². The molecule has 1 amide bonds. The molecule has 92 valence electrons. The van der Waals surface area contributed by atoms with Crippen LogP contribution in [0.3, 0.4) is 0 Å². The van der Waals surface area contributed by atoms with E-state index in [1.807, 2.05) is 0 Å². The summed E-state index contributed by atoms with van der Waals surface area (Å²) in [5, 5.41) is 5.84. The number of hydrogen-bond donors (Lipinski definition) is 2. The van der Waals surface area contributed by atoms with E-state index in [1.54, 1.807) is 25.1 Å². The molecule has 4 heteroatoms. The Morgan fingerprint density at radius 3 is 3.06 bits per heavy atom. The van der Waals surface area contributed by atoms with Gasteiger partial charge in [-0.3, -0.25) is 4.79 Å². The third-order valence-electron chi connectivity index (χ3n) is 3.12. The maximum Gasteiger partial charge on any atom is 0.228 e. The number of aryl methyl sites for hydroxylation is 1. The van der Waals surface area contributed by atoms with Crippen molar-refractivity contribution in [3.63, 3.8) is 0 Å². The van der Waals surface area contributed by atoms with Gasteiger partial charge in [-0.2, -0.15) is 0 Å². The second kappa shape index (κ2) is 5.27. The van der Waals surface area contributed by atoms with E-state index in [2.05, 4.69) is 10.6 Å². The molecule has 2 rings (SSSR count). The zero-order chi connectivity index (χ0) is 12.3. The smallest absolute Gasteiger partial charge is 0.228 e. The van der Waals surface area contributed by atoms with Gasteiger partial charge in [-0.15, -0.1) is 0 Å². The van der Waals surface area contributed by atoms with Gasteiger partial charge in [0.15, 0.2) is 0 Å². The molecule has 0 unspecified atom stereocenters. The van der Waals surface area contributed by atoms with Crippen LogP contribution >= 0.6 is 0 Å². The van der Waals surface area contributed by atoms with Crippen LogP contribution in [0.25, 0.3) is 0 Å². The monoisotopic (exact) mass is 236 g/mol. The van der Waals surface area contributed by atoms with Gasteiger partial charge in [-0.25, -0.2) is 4.39 Å². The number of rotatable bonds is 2. The topological polar surface area (TPSA) is 41.1 Å². The highest BCUT2D eigenvalue weighted by atomic mass is 19.1. The fraction of sp³-hybridized carbons (Fsp3) is 0.462. The third kappa shape index (κ3) is 2.82. The van der Waals surface area contributed by atoms with Crippen LogP contribution in [0.5, 0.6) is 0 Å². The molecule has 1 fully saturated rings. The van der Waals surface area contributed by atoms with Gasteiger partial charge < -0.3 is 10.6 Å². The predicted octanol–water partition coefficient (Wildman–Crippen LogP) is 2.07. The molecule has 0 spiro atoms. The number of carbonyl (C=O) groups excluding carboxylic acids is 1. The molecule has 1 aliphatic heterocycles. The van der Waals surface area contributed by atoms with Crippen LogP contribution in [0.4, 0.5) is 10.1 Å². The summed E-state index contributed by atoms with van der Waals surface area (Å²) in [5.74, 6) is -0.491. The molecule has 1 heterocycles. The first-order valence-corrected chi connectivity index (χ1v) is 5.95. The van der Waals surface area contributed by atoms with Crippen molar-refractivity contribution in [2.24, 2.45) is 5.92 Å². The first-order chi connectivity index (χ1) is 8.18. The average Bonchev–Trinajstić information content (AvgIpc) is 2.36. The van der Waals surface area contributed by atoms with E-state index in [-0.39, 0.29) is 23.3 Å². The van der Waals surface area contributed by atoms with Crippen LogP contribution < -0.4 is 10.6 Å². The van der Waals surface area contributed by atoms with Crippen LogP contribution in [-0.4, -0.2) is 19.0 Å². The molecule has 0 aromatic heterocycles. The lowest BCUT2D eigenvalue weighted by Gasteiger charge is -2.22. The molecule has 1 aromatic carbocycles. The number of halogens is 1. The highest BCUT2D eigenvalue weighted by Crippen LogP contribution is 2.19. The van der Waals surface area contributed by atoms with E-state index in [0.717, 1.165) is 19.4 Å². The fourth-order valence-electron chi connectivity index (χ4n) is 2.05. The average molecular weight is 236 g/mol. The Hall–Kier alpha value is -1.42. The number of carbonyl (C=O) groups is 1. The molecule has 0 aliphatic carbocycles. The summed E-state index contributed by atoms with van der Waals surface area (Å²) in [7, 11) is 0. The summed E-state index contributed by atoms with van der Waals surface area (Å²) < 4.78 is 13.7. The lowest BCUT2D eigenvalue weighted by Crippen LogP contribution is -2.37. The molecule has 0 bridgehead atoms. The van der Waals surface area contributed by atoms with Crippen LogP contribution in [0.1, 0.15) is 18.4 Å². The van der Waals surface area contributed by atoms with Gasteiger partial charge >= 0.3 is 0 Å². The summed E-state index contributed by atoms with van der Waals surface area (Å²) in [5.41, 5.74) is 0.824. The van der Waals surface area contributed by atoms with Gasteiger partial charge in [0.05, 0.1) is 11.6 Å². The predicted molar refractivity (Wildman–Crippen MR) is 65.4 cm³/mol. The number of hydrogen-bond acceptors (Lipinski definition) is 2. The Kier molecular flexibility index (Phi) is 3.74. The molecule has 1 saturated heterocycles. The van der Waals surface area contributed by atoms with Crippen molar-refractivity contribution in [2.75, 3.05) is 18.4 Å². The van der Waals surface area contributed by atoms with Gasteiger partial charge in [0, 0.05) is 6.54 Å². The Morgan fingerprint density at radius 2 is 2.35 bits per heavy atom. The molecule has 3 nitrogen and oxygen atoms in total. The Labute approximate surface area is 100 Å². The second-order valence-corrected chi connectivity index (χ2v) is 4.47. The second-order valence-electron chi connectivity index (χ2n) is 4.47. The lowest BCUT2D eigenvalue weighted by molar-refractivity contribution is -0.120. The van der Waals surface area contributed by atoms with E-state index in [1.165, 1.54) is 0 Å². The van der Waals surface area contributed by atoms with Crippen molar-refractivity contribution in [3.05, 3.63) is 29.6 Å². The van der Waals surface area contributed by atoms with Crippen molar-refractivity contribution in [3.8, 4) is 0 Å². The molecule has 1 atom stereocenters. The lowest BCUT2D eigenvalue weighted by atomic mass is 9.98. The molecule has 1 aliphatic rings. The van der Waals surface area contributed by atoms with Gasteiger partial charge in [0.2, 0.25) is 5.91 Å². The van der Waals surface area contributed by atoms with E-state index in [9.17, 15) is 9.18 Å². The highest BCUT2D eigenvalue weighted by Gasteiger charge is 2.21. The Balaban J connectivity index is 2.04. The van der Waals surface area contributed by atoms with E-state index < -0.39 is 0 Å². The minimum atomic E-state index is -0.343. The van der Waals surface area contributed by atoms with E-state index >= 15 is 0 Å². The molecule has 17 heavy (non-hydrogen) atoms. The van der Waals surface area contributed by atoms with Crippen molar-refractivity contribution >= 4 is 11.6 Å². The van der Waals surface area contributed by atoms with E-state index in [0.29, 0.717) is 12.1 Å². The van der Waals surface area contributed by atoms with Crippen LogP contribution in [0.15, 0.2) is 18.2 Å². The van der Waals surface area contributed by atoms with Crippen molar-refractivity contribution in [2.45, 2.75) is 19.8 Å². The molecular weight excluding hydrogens is 219 g/mol. The number of amides is 1. The minimum absolute atomic E-state index is 0.0522. The Morgan fingerprint density at radius 1 is 1.53 bits per heavy atom. The quantitative estimate of drug-likeness (QED) is 0.825. The van der Waals surface area contributed by atoms with Crippen molar-refractivity contribution in [1.29, 1.82) is 0 Å². The fourth-order valence-corrected chi connectivity index (χ4v) is 2.05. The minimum Gasteiger partial charge on any atom is -0.323 e. The van der Waals surface area contributed by atoms with Gasteiger partial charge in [-0.05, 0) is 37.9 Å². The normalized spacial score (nSPS) is 20.0. The summed E-state index contributed by atoms with van der Waals surface area (Å²) in [6, 6.07) is 5.02. The van der Waals surface area contributed by atoms with Crippen LogP contribution in [-0.2, 0) is 4.79 Å². The molecule has 1 aromatic rings. The zero-order valence-electron chi connectivity index (χ0n) is 9.92. The molecule has 2 N–H and O–H groups in total. The van der Waals surface area contributed by atoms with Crippen LogP contribution in [0, 0.1) is 18.7 Å². The number of nitrogens with one attached hydrogen (secondary N) is 2.